The lowest BCUT2D eigenvalue weighted by Crippen LogP contribution is -2.42. The Bertz CT molecular complexity index is 352. The van der Waals surface area contributed by atoms with Gasteiger partial charge in [-0.2, -0.15) is 0 Å². The van der Waals surface area contributed by atoms with Crippen LogP contribution in [-0.4, -0.2) is 30.9 Å². The molecule has 3 nitrogen and oxygen atoms in total. The van der Waals surface area contributed by atoms with E-state index in [1.807, 2.05) is 0 Å². The van der Waals surface area contributed by atoms with Crippen molar-refractivity contribution in [1.29, 1.82) is 0 Å². The highest BCUT2D eigenvalue weighted by Crippen LogP contribution is 2.14. The molecule has 0 bridgehead atoms. The number of amidine groups is 1. The first-order valence-electron chi connectivity index (χ1n) is 5.24. The van der Waals surface area contributed by atoms with Crippen molar-refractivity contribution in [3.05, 3.63) is 35.4 Å². The zero-order valence-electron chi connectivity index (χ0n) is 9.23. The number of oxime groups is 1. The molecule has 0 aromatic heterocycles. The molecule has 0 radical (unpaired) electrons. The first-order chi connectivity index (χ1) is 7.31. The third kappa shape index (κ3) is 2.12. The summed E-state index contributed by atoms with van der Waals surface area (Å²) in [5.41, 5.74) is 2.39. The van der Waals surface area contributed by atoms with Crippen LogP contribution in [0.15, 0.2) is 29.4 Å². The van der Waals surface area contributed by atoms with Crippen molar-refractivity contribution in [2.75, 3.05) is 20.2 Å². The van der Waals surface area contributed by atoms with Gasteiger partial charge in [0, 0.05) is 18.7 Å². The topological polar surface area (TPSA) is 24.8 Å². The van der Waals surface area contributed by atoms with Gasteiger partial charge in [0.15, 0.2) is 5.84 Å². The molecule has 80 valence electrons. The van der Waals surface area contributed by atoms with E-state index in [0.29, 0.717) is 0 Å². The second kappa shape index (κ2) is 4.34. The van der Waals surface area contributed by atoms with Gasteiger partial charge in [-0.05, 0) is 13.3 Å². The van der Waals surface area contributed by atoms with E-state index in [2.05, 4.69) is 41.2 Å². The van der Waals surface area contributed by atoms with Crippen LogP contribution in [0.3, 0.4) is 0 Å². The van der Waals surface area contributed by atoms with E-state index >= 15 is 0 Å². The van der Waals surface area contributed by atoms with Crippen LogP contribution in [0, 0.1) is 6.92 Å². The lowest BCUT2D eigenvalue weighted by Gasteiger charge is -2.33. The van der Waals surface area contributed by atoms with E-state index in [9.17, 15) is 0 Å². The molecular formula is C12H16N2O. The van der Waals surface area contributed by atoms with Crippen molar-refractivity contribution in [3.8, 4) is 0 Å². The first-order valence-corrected chi connectivity index (χ1v) is 5.24. The van der Waals surface area contributed by atoms with Gasteiger partial charge in [0.1, 0.15) is 7.11 Å². The van der Waals surface area contributed by atoms with Gasteiger partial charge in [-0.3, -0.25) is 0 Å². The highest BCUT2D eigenvalue weighted by Gasteiger charge is 2.20. The molecule has 1 aliphatic rings. The molecule has 2 rings (SSSR count). The van der Waals surface area contributed by atoms with Gasteiger partial charge >= 0.3 is 0 Å². The highest BCUT2D eigenvalue weighted by molar-refractivity contribution is 5.98. The SMILES string of the molecule is CO/N=C(/c1ccc(C)cc1)N1CCC1. The summed E-state index contributed by atoms with van der Waals surface area (Å²) in [5, 5.41) is 4.09. The molecule has 15 heavy (non-hydrogen) atoms. The molecule has 0 unspecified atom stereocenters. The minimum Gasteiger partial charge on any atom is -0.397 e. The molecule has 1 fully saturated rings. The fraction of sp³-hybridized carbons (Fsp3) is 0.417. The molecule has 1 aliphatic heterocycles. The van der Waals surface area contributed by atoms with E-state index < -0.39 is 0 Å². The monoisotopic (exact) mass is 204 g/mol. The van der Waals surface area contributed by atoms with Gasteiger partial charge in [0.2, 0.25) is 0 Å². The number of hydrogen-bond donors (Lipinski definition) is 0. The zero-order valence-corrected chi connectivity index (χ0v) is 9.23. The number of aryl methyl sites for hydroxylation is 1. The Hall–Kier alpha value is -1.51. The van der Waals surface area contributed by atoms with Gasteiger partial charge in [-0.1, -0.05) is 35.0 Å². The van der Waals surface area contributed by atoms with Crippen molar-refractivity contribution in [3.63, 3.8) is 0 Å². The highest BCUT2D eigenvalue weighted by atomic mass is 16.6. The van der Waals surface area contributed by atoms with Gasteiger partial charge in [0.05, 0.1) is 0 Å². The summed E-state index contributed by atoms with van der Waals surface area (Å²) in [6.45, 7) is 4.24. The standard InChI is InChI=1S/C12H16N2O/c1-10-4-6-11(7-5-10)12(13-15-2)14-8-3-9-14/h4-7H,3,8-9H2,1-2H3/b13-12-. The lowest BCUT2D eigenvalue weighted by molar-refractivity contribution is 0.197. The Balaban J connectivity index is 2.24. The second-order valence-corrected chi connectivity index (χ2v) is 3.80. The Morgan fingerprint density at radius 1 is 1.27 bits per heavy atom. The van der Waals surface area contributed by atoms with Crippen molar-refractivity contribution >= 4 is 5.84 Å². The summed E-state index contributed by atoms with van der Waals surface area (Å²) in [4.78, 5) is 7.12. The molecule has 0 N–H and O–H groups in total. The molecule has 1 aromatic carbocycles. The summed E-state index contributed by atoms with van der Waals surface area (Å²) in [5.74, 6) is 0.948. The molecule has 1 aromatic rings. The quantitative estimate of drug-likeness (QED) is 0.418. The number of benzene rings is 1. The number of likely N-dealkylation sites (tertiary alicyclic amines) is 1. The third-order valence-corrected chi connectivity index (χ3v) is 2.64. The normalized spacial score (nSPS) is 16.1. The van der Waals surface area contributed by atoms with Crippen LogP contribution >= 0.6 is 0 Å². The lowest BCUT2D eigenvalue weighted by atomic mass is 10.1. The minimum atomic E-state index is 0.948. The van der Waals surface area contributed by atoms with Crippen LogP contribution in [0.1, 0.15) is 17.5 Å². The average Bonchev–Trinajstić information content (AvgIpc) is 2.16. The molecule has 1 heterocycles. The Morgan fingerprint density at radius 2 is 1.93 bits per heavy atom. The Kier molecular flexibility index (Phi) is 2.90. The largest absolute Gasteiger partial charge is 0.397 e. The average molecular weight is 204 g/mol. The van der Waals surface area contributed by atoms with E-state index in [0.717, 1.165) is 24.5 Å². The molecule has 0 amide bonds. The van der Waals surface area contributed by atoms with E-state index in [4.69, 9.17) is 4.84 Å². The summed E-state index contributed by atoms with van der Waals surface area (Å²) >= 11 is 0. The van der Waals surface area contributed by atoms with E-state index in [-0.39, 0.29) is 0 Å². The molecular weight excluding hydrogens is 188 g/mol. The molecule has 0 spiro atoms. The maximum atomic E-state index is 4.89. The molecule has 0 aliphatic carbocycles. The first kappa shape index (κ1) is 10.0. The number of nitrogens with zero attached hydrogens (tertiary/aromatic N) is 2. The minimum absolute atomic E-state index is 0.948. The van der Waals surface area contributed by atoms with Crippen LogP contribution in [0.25, 0.3) is 0 Å². The van der Waals surface area contributed by atoms with Gasteiger partial charge in [0.25, 0.3) is 0 Å². The van der Waals surface area contributed by atoms with Crippen molar-refractivity contribution < 1.29 is 4.84 Å². The van der Waals surface area contributed by atoms with E-state index in [1.165, 1.54) is 12.0 Å². The van der Waals surface area contributed by atoms with Gasteiger partial charge < -0.3 is 9.74 Å². The number of hydrogen-bond acceptors (Lipinski definition) is 2. The zero-order chi connectivity index (χ0) is 10.7. The fourth-order valence-corrected chi connectivity index (χ4v) is 1.61. The van der Waals surface area contributed by atoms with Crippen molar-refractivity contribution in [2.24, 2.45) is 5.16 Å². The molecule has 0 atom stereocenters. The molecule has 0 saturated carbocycles. The second-order valence-electron chi connectivity index (χ2n) is 3.80. The van der Waals surface area contributed by atoms with Crippen LogP contribution in [0.5, 0.6) is 0 Å². The predicted molar refractivity (Wildman–Crippen MR) is 60.9 cm³/mol. The Morgan fingerprint density at radius 3 is 2.40 bits per heavy atom. The smallest absolute Gasteiger partial charge is 0.175 e. The van der Waals surface area contributed by atoms with Gasteiger partial charge in [-0.15, -0.1) is 0 Å². The van der Waals surface area contributed by atoms with Crippen LogP contribution in [-0.2, 0) is 4.84 Å². The number of rotatable bonds is 2. The maximum Gasteiger partial charge on any atom is 0.175 e. The third-order valence-electron chi connectivity index (χ3n) is 2.64. The summed E-state index contributed by atoms with van der Waals surface area (Å²) < 4.78 is 0. The summed E-state index contributed by atoms with van der Waals surface area (Å²) in [6.07, 6.45) is 1.24. The van der Waals surface area contributed by atoms with Crippen molar-refractivity contribution in [2.45, 2.75) is 13.3 Å². The van der Waals surface area contributed by atoms with Crippen molar-refractivity contribution in [1.82, 2.24) is 4.90 Å². The molecule has 1 saturated heterocycles. The van der Waals surface area contributed by atoms with Gasteiger partial charge in [-0.25, -0.2) is 0 Å². The Labute approximate surface area is 90.3 Å². The molecule has 3 heteroatoms. The fourth-order valence-electron chi connectivity index (χ4n) is 1.61. The summed E-state index contributed by atoms with van der Waals surface area (Å²) in [6, 6.07) is 8.37. The van der Waals surface area contributed by atoms with Crippen LogP contribution < -0.4 is 0 Å². The van der Waals surface area contributed by atoms with Crippen LogP contribution in [0.4, 0.5) is 0 Å². The summed E-state index contributed by atoms with van der Waals surface area (Å²) in [7, 11) is 1.59. The predicted octanol–water partition coefficient (Wildman–Crippen LogP) is 2.01. The maximum absolute atomic E-state index is 4.89. The van der Waals surface area contributed by atoms with E-state index in [1.54, 1.807) is 7.11 Å². The van der Waals surface area contributed by atoms with Crippen LogP contribution in [0.2, 0.25) is 0 Å².